The Kier molecular flexibility index (Phi) is 9.43. The van der Waals surface area contributed by atoms with Crippen molar-refractivity contribution in [1.29, 1.82) is 0 Å². The number of pyridine rings is 1. The number of hydrogen-bond acceptors (Lipinski definition) is 0. The molecule has 17 heavy (non-hydrogen) atoms. The van der Waals surface area contributed by atoms with E-state index in [9.17, 15) is 0 Å². The van der Waals surface area contributed by atoms with E-state index in [4.69, 9.17) is 0 Å². The third-order valence-electron chi connectivity index (χ3n) is 2.95. The zero-order chi connectivity index (χ0) is 11.8. The van der Waals surface area contributed by atoms with Gasteiger partial charge in [-0.2, -0.15) is 0 Å². The van der Waals surface area contributed by atoms with Gasteiger partial charge in [0.25, 0.3) is 0 Å². The predicted octanol–water partition coefficient (Wildman–Crippen LogP) is 0.893. The molecule has 1 nitrogen and oxygen atoms in total. The van der Waals surface area contributed by atoms with Crippen LogP contribution in [0.15, 0.2) is 24.5 Å². The molecule has 0 aliphatic carbocycles. The molecule has 1 aromatic rings. The number of unbranched alkanes of at least 4 members (excludes halogenated alkanes) is 3. The van der Waals surface area contributed by atoms with Gasteiger partial charge in [0.1, 0.15) is 6.54 Å². The van der Waals surface area contributed by atoms with Crippen LogP contribution < -0.4 is 21.5 Å². The second-order valence-corrected chi connectivity index (χ2v) is 5.22. The van der Waals surface area contributed by atoms with Crippen LogP contribution in [0.25, 0.3) is 0 Å². The fraction of sp³-hybridized carbons (Fsp3) is 0.667. The number of aryl methyl sites for hydroxylation is 2. The molecule has 1 rings (SSSR count). The Morgan fingerprint density at radius 2 is 1.82 bits per heavy atom. The lowest BCUT2D eigenvalue weighted by Gasteiger charge is -2.03. The van der Waals surface area contributed by atoms with Crippen LogP contribution in [-0.4, -0.2) is 0 Å². The average molecular weight is 300 g/mol. The van der Waals surface area contributed by atoms with Crippen LogP contribution >= 0.6 is 0 Å². The van der Waals surface area contributed by atoms with Crippen LogP contribution in [0, 0.1) is 12.8 Å². The molecule has 0 amide bonds. The van der Waals surface area contributed by atoms with Crippen LogP contribution in [0.1, 0.15) is 51.5 Å². The molecule has 0 aromatic carbocycles. The number of aromatic nitrogens is 1. The second-order valence-electron chi connectivity index (χ2n) is 5.22. The van der Waals surface area contributed by atoms with Gasteiger partial charge >= 0.3 is 0 Å². The highest BCUT2D eigenvalue weighted by Gasteiger charge is 2.00. The number of hydrogen-bond donors (Lipinski definition) is 0. The van der Waals surface area contributed by atoms with E-state index in [1.165, 1.54) is 44.2 Å². The quantitative estimate of drug-likeness (QED) is 0.520. The fourth-order valence-corrected chi connectivity index (χ4v) is 1.99. The summed E-state index contributed by atoms with van der Waals surface area (Å²) in [5.74, 6) is 0.867. The minimum atomic E-state index is 0. The molecule has 0 radical (unpaired) electrons. The van der Waals surface area contributed by atoms with E-state index in [0.29, 0.717) is 0 Å². The van der Waals surface area contributed by atoms with Crippen molar-refractivity contribution in [3.8, 4) is 0 Å². The third-order valence-corrected chi connectivity index (χ3v) is 2.95. The van der Waals surface area contributed by atoms with Gasteiger partial charge in [0.05, 0.1) is 0 Å². The van der Waals surface area contributed by atoms with E-state index in [1.807, 2.05) is 0 Å². The second kappa shape index (κ2) is 9.64. The Balaban J connectivity index is 0.00000256. The van der Waals surface area contributed by atoms with Gasteiger partial charge < -0.3 is 17.0 Å². The van der Waals surface area contributed by atoms with E-state index < -0.39 is 0 Å². The van der Waals surface area contributed by atoms with E-state index >= 15 is 0 Å². The normalized spacial score (nSPS) is 10.4. The molecule has 0 aliphatic heterocycles. The van der Waals surface area contributed by atoms with E-state index in [1.54, 1.807) is 0 Å². The molecule has 0 N–H and O–H groups in total. The van der Waals surface area contributed by atoms with Gasteiger partial charge in [-0.05, 0) is 25.3 Å². The van der Waals surface area contributed by atoms with Crippen LogP contribution in [0.3, 0.4) is 0 Å². The van der Waals surface area contributed by atoms with Crippen molar-refractivity contribution in [2.75, 3.05) is 0 Å². The van der Waals surface area contributed by atoms with Gasteiger partial charge in [-0.15, -0.1) is 0 Å². The Morgan fingerprint density at radius 3 is 2.47 bits per heavy atom. The smallest absolute Gasteiger partial charge is 0.171 e. The molecule has 0 spiro atoms. The predicted molar refractivity (Wildman–Crippen MR) is 69.3 cm³/mol. The lowest BCUT2D eigenvalue weighted by molar-refractivity contribution is -0.697. The summed E-state index contributed by atoms with van der Waals surface area (Å²) in [6.07, 6.45) is 11.3. The van der Waals surface area contributed by atoms with Gasteiger partial charge in [-0.3, -0.25) is 0 Å². The van der Waals surface area contributed by atoms with Crippen molar-refractivity contribution < 1.29 is 21.5 Å². The summed E-state index contributed by atoms with van der Waals surface area (Å²) in [5.41, 5.74) is 1.35. The summed E-state index contributed by atoms with van der Waals surface area (Å²) >= 11 is 0. The summed E-state index contributed by atoms with van der Waals surface area (Å²) in [4.78, 5) is 0. The number of nitrogens with zero attached hydrogens (tertiary/aromatic N) is 1. The first-order valence-electron chi connectivity index (χ1n) is 6.64. The van der Waals surface area contributed by atoms with Gasteiger partial charge in [0.2, 0.25) is 0 Å². The zero-order valence-electron chi connectivity index (χ0n) is 11.5. The van der Waals surface area contributed by atoms with E-state index in [2.05, 4.69) is 49.9 Å². The van der Waals surface area contributed by atoms with Gasteiger partial charge in [0, 0.05) is 18.1 Å². The highest BCUT2D eigenvalue weighted by molar-refractivity contribution is 5.01. The Morgan fingerprint density at radius 1 is 1.12 bits per heavy atom. The molecule has 0 saturated carbocycles. The van der Waals surface area contributed by atoms with E-state index in [-0.39, 0.29) is 17.0 Å². The van der Waals surface area contributed by atoms with Gasteiger partial charge in [-0.1, -0.05) is 33.1 Å². The molecular formula is C15H26BrN. The maximum absolute atomic E-state index is 2.31. The van der Waals surface area contributed by atoms with Crippen molar-refractivity contribution >= 4 is 0 Å². The number of halogens is 1. The van der Waals surface area contributed by atoms with Crippen LogP contribution in [0.5, 0.6) is 0 Å². The molecule has 0 saturated heterocycles. The van der Waals surface area contributed by atoms with Crippen LogP contribution in [0.4, 0.5) is 0 Å². The molecule has 1 heterocycles. The van der Waals surface area contributed by atoms with Crippen molar-refractivity contribution in [3.05, 3.63) is 30.1 Å². The molecule has 0 atom stereocenters. The van der Waals surface area contributed by atoms with Crippen LogP contribution in [0.2, 0.25) is 0 Å². The minimum absolute atomic E-state index is 0. The van der Waals surface area contributed by atoms with Crippen molar-refractivity contribution in [3.63, 3.8) is 0 Å². The minimum Gasteiger partial charge on any atom is -1.00 e. The monoisotopic (exact) mass is 299 g/mol. The first-order valence-corrected chi connectivity index (χ1v) is 6.64. The third kappa shape index (κ3) is 8.37. The van der Waals surface area contributed by atoms with Crippen molar-refractivity contribution in [1.82, 2.24) is 0 Å². The summed E-state index contributed by atoms with van der Waals surface area (Å²) in [5, 5.41) is 0. The first-order chi connectivity index (χ1) is 7.68. The number of rotatable bonds is 7. The highest BCUT2D eigenvalue weighted by atomic mass is 79.9. The van der Waals surface area contributed by atoms with Gasteiger partial charge in [-0.25, -0.2) is 4.57 Å². The summed E-state index contributed by atoms with van der Waals surface area (Å²) in [6, 6.07) is 4.28. The summed E-state index contributed by atoms with van der Waals surface area (Å²) in [7, 11) is 0. The van der Waals surface area contributed by atoms with Crippen molar-refractivity contribution in [2.24, 2.45) is 5.92 Å². The average Bonchev–Trinajstić information content (AvgIpc) is 2.23. The molecule has 1 aromatic heterocycles. The van der Waals surface area contributed by atoms with E-state index in [0.717, 1.165) is 5.92 Å². The highest BCUT2D eigenvalue weighted by Crippen LogP contribution is 2.09. The molecule has 0 aliphatic rings. The Hall–Kier alpha value is -0.370. The van der Waals surface area contributed by atoms with Crippen molar-refractivity contribution in [2.45, 2.75) is 59.4 Å². The standard InChI is InChI=1S/C15H26N.BrH/c1-14(2)9-6-4-5-7-11-16-12-8-10-15(3)13-16;/h8,10,12-14H,4-7,9,11H2,1-3H3;1H/q+1;/p-1. The summed E-state index contributed by atoms with van der Waals surface area (Å²) < 4.78 is 2.30. The SMILES string of the molecule is Cc1ccc[n+](CCCCCCC(C)C)c1.[Br-]. The lowest BCUT2D eigenvalue weighted by atomic mass is 10.0. The first kappa shape index (κ1) is 16.6. The van der Waals surface area contributed by atoms with Crippen LogP contribution in [-0.2, 0) is 6.54 Å². The molecule has 2 heteroatoms. The zero-order valence-corrected chi connectivity index (χ0v) is 13.0. The molecular weight excluding hydrogens is 274 g/mol. The lowest BCUT2D eigenvalue weighted by Crippen LogP contribution is -3.00. The molecule has 98 valence electrons. The summed E-state index contributed by atoms with van der Waals surface area (Å²) in [6.45, 7) is 7.94. The maximum Gasteiger partial charge on any atom is 0.171 e. The molecule has 0 fully saturated rings. The molecule has 0 bridgehead atoms. The Bertz CT molecular complexity index is 297. The maximum atomic E-state index is 2.31. The Labute approximate surface area is 117 Å². The largest absolute Gasteiger partial charge is 1.00 e. The topological polar surface area (TPSA) is 3.88 Å². The van der Waals surface area contributed by atoms with Gasteiger partial charge in [0.15, 0.2) is 12.4 Å². The fourth-order valence-electron chi connectivity index (χ4n) is 1.99. The molecule has 0 unspecified atom stereocenters.